The van der Waals surface area contributed by atoms with Gasteiger partial charge < -0.3 is 5.11 Å². The van der Waals surface area contributed by atoms with E-state index in [9.17, 15) is 26.3 Å². The second-order valence-electron chi connectivity index (χ2n) is 2.74. The van der Waals surface area contributed by atoms with Crippen LogP contribution in [-0.4, -0.2) is 33.3 Å². The number of aromatic nitrogens is 2. The molecule has 0 saturated heterocycles. The summed E-state index contributed by atoms with van der Waals surface area (Å²) in [6, 6.07) is 0. The Kier molecular flexibility index (Phi) is 4.25. The quantitative estimate of drug-likeness (QED) is 0.688. The Labute approximate surface area is 98.8 Å². The topological polar surface area (TPSA) is 46.0 Å². The van der Waals surface area contributed by atoms with Crippen LogP contribution in [0.1, 0.15) is 5.01 Å². The molecule has 1 heterocycles. The van der Waals surface area contributed by atoms with E-state index < -0.39 is 29.2 Å². The molecule has 0 radical (unpaired) electrons. The fourth-order valence-electron chi connectivity index (χ4n) is 0.627. The van der Waals surface area contributed by atoms with E-state index in [0.717, 1.165) is 0 Å². The number of thioether (sulfide) groups is 1. The van der Waals surface area contributed by atoms with E-state index in [4.69, 9.17) is 5.11 Å². The van der Waals surface area contributed by atoms with Gasteiger partial charge in [0.2, 0.25) is 5.01 Å². The van der Waals surface area contributed by atoms with Gasteiger partial charge in [-0.2, -0.15) is 26.3 Å². The van der Waals surface area contributed by atoms with Crippen LogP contribution in [0.5, 0.6) is 0 Å². The number of aliphatic hydroxyl groups is 1. The molecule has 0 aromatic carbocycles. The number of alkyl halides is 6. The number of rotatable bonds is 3. The summed E-state index contributed by atoms with van der Waals surface area (Å²) in [5, 5.41) is 13.2. The monoisotopic (exact) mass is 298 g/mol. The molecule has 0 aliphatic rings. The SMILES string of the molecule is OC(CSc1nnc(C(F)(F)F)s1)C(F)(F)F. The van der Waals surface area contributed by atoms with Gasteiger partial charge in [-0.3, -0.25) is 0 Å². The highest BCUT2D eigenvalue weighted by atomic mass is 32.2. The Balaban J connectivity index is 2.57. The van der Waals surface area contributed by atoms with E-state index in [2.05, 4.69) is 10.2 Å². The summed E-state index contributed by atoms with van der Waals surface area (Å²) in [5.41, 5.74) is 0. The van der Waals surface area contributed by atoms with Gasteiger partial charge in [0, 0.05) is 5.75 Å². The number of halogens is 6. The van der Waals surface area contributed by atoms with Crippen molar-refractivity contribution in [2.45, 2.75) is 22.8 Å². The summed E-state index contributed by atoms with van der Waals surface area (Å²) in [4.78, 5) is 0. The summed E-state index contributed by atoms with van der Waals surface area (Å²) < 4.78 is 71.5. The average molecular weight is 298 g/mol. The van der Waals surface area contributed by atoms with Crippen LogP contribution in [0.15, 0.2) is 4.34 Å². The maximum atomic E-state index is 12.1. The van der Waals surface area contributed by atoms with Crippen molar-refractivity contribution in [2.75, 3.05) is 5.75 Å². The van der Waals surface area contributed by atoms with Crippen molar-refractivity contribution in [3.05, 3.63) is 5.01 Å². The molecule has 17 heavy (non-hydrogen) atoms. The van der Waals surface area contributed by atoms with Crippen LogP contribution in [0.4, 0.5) is 26.3 Å². The largest absolute Gasteiger partial charge is 0.445 e. The van der Waals surface area contributed by atoms with Crippen molar-refractivity contribution in [3.8, 4) is 0 Å². The van der Waals surface area contributed by atoms with Gasteiger partial charge in [0.15, 0.2) is 10.4 Å². The Hall–Kier alpha value is -0.550. The third-order valence-corrected chi connectivity index (χ3v) is 3.57. The van der Waals surface area contributed by atoms with Crippen molar-refractivity contribution in [1.29, 1.82) is 0 Å². The summed E-state index contributed by atoms with van der Waals surface area (Å²) in [7, 11) is 0. The molecule has 98 valence electrons. The standard InChI is InChI=1S/C6H4F6N2OS2/c7-5(8,9)2(15)1-16-4-14-13-3(17-4)6(10,11)12/h2,15H,1H2. The lowest BCUT2D eigenvalue weighted by Gasteiger charge is -2.12. The molecule has 0 fully saturated rings. The van der Waals surface area contributed by atoms with E-state index >= 15 is 0 Å². The normalized spacial score (nSPS) is 15.0. The third kappa shape index (κ3) is 4.32. The molecular formula is C6H4F6N2OS2. The van der Waals surface area contributed by atoms with Gasteiger partial charge in [-0.05, 0) is 0 Å². The molecule has 0 spiro atoms. The minimum absolute atomic E-state index is 0.130. The third-order valence-electron chi connectivity index (χ3n) is 1.39. The van der Waals surface area contributed by atoms with Crippen LogP contribution in [0, 0.1) is 0 Å². The maximum Gasteiger partial charge on any atom is 0.445 e. The average Bonchev–Trinajstić information content (AvgIpc) is 2.59. The van der Waals surface area contributed by atoms with E-state index in [-0.39, 0.29) is 15.7 Å². The highest BCUT2D eigenvalue weighted by Crippen LogP contribution is 2.35. The van der Waals surface area contributed by atoms with Crippen molar-refractivity contribution < 1.29 is 31.4 Å². The van der Waals surface area contributed by atoms with Gasteiger partial charge >= 0.3 is 12.4 Å². The molecule has 0 amide bonds. The van der Waals surface area contributed by atoms with Gasteiger partial charge in [-0.25, -0.2) is 0 Å². The first kappa shape index (κ1) is 14.5. The zero-order chi connectivity index (χ0) is 13.3. The van der Waals surface area contributed by atoms with Crippen LogP contribution in [0.25, 0.3) is 0 Å². The molecule has 0 bridgehead atoms. The predicted octanol–water partition coefficient (Wildman–Crippen LogP) is 2.57. The van der Waals surface area contributed by atoms with E-state index in [1.807, 2.05) is 0 Å². The minimum Gasteiger partial charge on any atom is -0.383 e. The van der Waals surface area contributed by atoms with Gasteiger partial charge in [0.05, 0.1) is 0 Å². The molecule has 1 atom stereocenters. The molecule has 1 N–H and O–H groups in total. The summed E-state index contributed by atoms with van der Waals surface area (Å²) in [5.74, 6) is -0.823. The summed E-state index contributed by atoms with van der Waals surface area (Å²) >= 11 is 0.497. The van der Waals surface area contributed by atoms with Crippen LogP contribution >= 0.6 is 23.1 Å². The first-order chi connectivity index (χ1) is 7.60. The molecule has 1 unspecified atom stereocenters. The molecule has 11 heteroatoms. The molecular weight excluding hydrogens is 294 g/mol. The van der Waals surface area contributed by atoms with Crippen molar-refractivity contribution >= 4 is 23.1 Å². The van der Waals surface area contributed by atoms with Crippen LogP contribution in [0.2, 0.25) is 0 Å². The van der Waals surface area contributed by atoms with Crippen LogP contribution in [0.3, 0.4) is 0 Å². The minimum atomic E-state index is -4.80. The van der Waals surface area contributed by atoms with Crippen LogP contribution < -0.4 is 0 Å². The van der Waals surface area contributed by atoms with Crippen molar-refractivity contribution in [2.24, 2.45) is 0 Å². The highest BCUT2D eigenvalue weighted by Gasteiger charge is 2.39. The molecule has 3 nitrogen and oxygen atoms in total. The smallest absolute Gasteiger partial charge is 0.383 e. The second-order valence-corrected chi connectivity index (χ2v) is 4.98. The maximum absolute atomic E-state index is 12.1. The molecule has 0 aliphatic carbocycles. The molecule has 0 aliphatic heterocycles. The highest BCUT2D eigenvalue weighted by molar-refractivity contribution is 8.01. The van der Waals surface area contributed by atoms with Crippen molar-refractivity contribution in [3.63, 3.8) is 0 Å². The lowest BCUT2D eigenvalue weighted by atomic mass is 10.4. The van der Waals surface area contributed by atoms with Crippen molar-refractivity contribution in [1.82, 2.24) is 10.2 Å². The molecule has 1 aromatic rings. The van der Waals surface area contributed by atoms with Gasteiger partial charge in [-0.1, -0.05) is 23.1 Å². The fraction of sp³-hybridized carbons (Fsp3) is 0.667. The lowest BCUT2D eigenvalue weighted by Crippen LogP contribution is -2.30. The van der Waals surface area contributed by atoms with Gasteiger partial charge in [-0.15, -0.1) is 10.2 Å². The molecule has 1 rings (SSSR count). The Bertz CT molecular complexity index is 375. The Morgan fingerprint density at radius 2 is 1.76 bits per heavy atom. The number of hydrogen-bond donors (Lipinski definition) is 1. The van der Waals surface area contributed by atoms with Crippen LogP contribution in [-0.2, 0) is 6.18 Å². The fourth-order valence-corrected chi connectivity index (χ4v) is 2.34. The van der Waals surface area contributed by atoms with Gasteiger partial charge in [0.25, 0.3) is 0 Å². The number of aliphatic hydroxyl groups excluding tert-OH is 1. The van der Waals surface area contributed by atoms with Gasteiger partial charge in [0.1, 0.15) is 0 Å². The lowest BCUT2D eigenvalue weighted by molar-refractivity contribution is -0.195. The molecule has 0 saturated carbocycles. The Morgan fingerprint density at radius 1 is 1.18 bits per heavy atom. The first-order valence-corrected chi connectivity index (χ1v) is 5.69. The number of hydrogen-bond acceptors (Lipinski definition) is 5. The first-order valence-electron chi connectivity index (χ1n) is 3.89. The Morgan fingerprint density at radius 3 is 2.18 bits per heavy atom. The second kappa shape index (κ2) is 4.98. The van der Waals surface area contributed by atoms with E-state index in [1.165, 1.54) is 0 Å². The predicted molar refractivity (Wildman–Crippen MR) is 47.7 cm³/mol. The molecule has 1 aromatic heterocycles. The zero-order valence-electron chi connectivity index (χ0n) is 7.71. The summed E-state index contributed by atoms with van der Waals surface area (Å²) in [6.45, 7) is 0. The zero-order valence-corrected chi connectivity index (χ0v) is 9.34. The number of nitrogens with zero attached hydrogens (tertiary/aromatic N) is 2. The van der Waals surface area contributed by atoms with E-state index in [1.54, 1.807) is 0 Å². The summed E-state index contributed by atoms with van der Waals surface area (Å²) in [6.07, 6.45) is -12.1. The van der Waals surface area contributed by atoms with E-state index in [0.29, 0.717) is 11.8 Å².